The summed E-state index contributed by atoms with van der Waals surface area (Å²) in [6.45, 7) is 3.15. The Bertz CT molecular complexity index is 712. The molecular weight excluding hydrogens is 298 g/mol. The highest BCUT2D eigenvalue weighted by Gasteiger charge is 2.26. The van der Waals surface area contributed by atoms with Crippen molar-refractivity contribution in [2.45, 2.75) is 25.9 Å². The number of nitrogens with one attached hydrogen (secondary N) is 1. The van der Waals surface area contributed by atoms with Crippen molar-refractivity contribution >= 4 is 11.6 Å². The summed E-state index contributed by atoms with van der Waals surface area (Å²) in [4.78, 5) is 14.4. The van der Waals surface area contributed by atoms with E-state index in [2.05, 4.69) is 11.4 Å². The first kappa shape index (κ1) is 15.6. The summed E-state index contributed by atoms with van der Waals surface area (Å²) >= 11 is 0. The number of carbonyl (C=O) groups excluding carboxylic acids is 1. The second-order valence-corrected chi connectivity index (χ2v) is 5.75. The second kappa shape index (κ2) is 6.46. The summed E-state index contributed by atoms with van der Waals surface area (Å²) in [6.07, 6.45) is 0.863. The zero-order valence-corrected chi connectivity index (χ0v) is 12.9. The van der Waals surface area contributed by atoms with Gasteiger partial charge in [-0.15, -0.1) is 0 Å². The van der Waals surface area contributed by atoms with Gasteiger partial charge in [0.15, 0.2) is 0 Å². The lowest BCUT2D eigenvalue weighted by Gasteiger charge is -2.32. The molecule has 23 heavy (non-hydrogen) atoms. The average molecular weight is 316 g/mol. The molecule has 0 saturated heterocycles. The first-order valence-corrected chi connectivity index (χ1v) is 7.62. The van der Waals surface area contributed by atoms with Crippen molar-refractivity contribution in [3.63, 3.8) is 0 Å². The van der Waals surface area contributed by atoms with Crippen molar-refractivity contribution in [2.24, 2.45) is 0 Å². The molecule has 1 aliphatic heterocycles. The van der Waals surface area contributed by atoms with Crippen LogP contribution in [0, 0.1) is 11.6 Å². The van der Waals surface area contributed by atoms with E-state index in [1.807, 2.05) is 23.1 Å². The molecule has 0 saturated carbocycles. The molecule has 2 aromatic rings. The largest absolute Gasteiger partial charge is 0.320 e. The zero-order chi connectivity index (χ0) is 16.4. The first-order valence-electron chi connectivity index (χ1n) is 7.62. The van der Waals surface area contributed by atoms with Crippen LogP contribution >= 0.6 is 0 Å². The Morgan fingerprint density at radius 3 is 2.43 bits per heavy atom. The third kappa shape index (κ3) is 3.24. The number of amides is 1. The van der Waals surface area contributed by atoms with Crippen molar-refractivity contribution in [2.75, 3.05) is 11.9 Å². The van der Waals surface area contributed by atoms with Gasteiger partial charge in [0.05, 0.1) is 6.04 Å². The van der Waals surface area contributed by atoms with E-state index < -0.39 is 23.6 Å². The number of carbonyl (C=O) groups is 1. The van der Waals surface area contributed by atoms with Gasteiger partial charge in [0, 0.05) is 13.1 Å². The summed E-state index contributed by atoms with van der Waals surface area (Å²) in [5, 5.41) is 2.37. The van der Waals surface area contributed by atoms with Crippen LogP contribution in [0.1, 0.15) is 18.1 Å². The van der Waals surface area contributed by atoms with Crippen molar-refractivity contribution < 1.29 is 13.6 Å². The number of halogens is 2. The monoisotopic (exact) mass is 316 g/mol. The van der Waals surface area contributed by atoms with E-state index in [1.165, 1.54) is 17.2 Å². The minimum atomic E-state index is -0.769. The van der Waals surface area contributed by atoms with Crippen LogP contribution in [0.5, 0.6) is 0 Å². The maximum absolute atomic E-state index is 13.6. The number of rotatable bonds is 3. The molecule has 2 aromatic carbocycles. The van der Waals surface area contributed by atoms with E-state index in [4.69, 9.17) is 0 Å². The molecule has 0 unspecified atom stereocenters. The van der Waals surface area contributed by atoms with Gasteiger partial charge in [-0.2, -0.15) is 0 Å². The molecule has 3 nitrogen and oxygen atoms in total. The summed E-state index contributed by atoms with van der Waals surface area (Å²) in [6, 6.07) is 11.2. The van der Waals surface area contributed by atoms with E-state index in [0.29, 0.717) is 6.54 Å². The maximum Gasteiger partial charge on any atom is 0.241 e. The number of anilines is 1. The average Bonchev–Trinajstić information content (AvgIpc) is 2.57. The molecule has 1 amide bonds. The maximum atomic E-state index is 13.6. The summed E-state index contributed by atoms with van der Waals surface area (Å²) < 4.78 is 27.3. The molecule has 1 heterocycles. The minimum Gasteiger partial charge on any atom is -0.320 e. The predicted molar refractivity (Wildman–Crippen MR) is 85.0 cm³/mol. The van der Waals surface area contributed by atoms with Crippen molar-refractivity contribution in [1.82, 2.24) is 4.90 Å². The van der Waals surface area contributed by atoms with E-state index >= 15 is 0 Å². The molecule has 0 aromatic heterocycles. The molecule has 3 rings (SSSR count). The number of fused-ring (bicyclic) bond motifs is 1. The fourth-order valence-corrected chi connectivity index (χ4v) is 2.86. The van der Waals surface area contributed by atoms with E-state index in [1.54, 1.807) is 6.92 Å². The van der Waals surface area contributed by atoms with Gasteiger partial charge in [-0.25, -0.2) is 8.78 Å². The topological polar surface area (TPSA) is 32.3 Å². The van der Waals surface area contributed by atoms with Gasteiger partial charge in [0.2, 0.25) is 5.91 Å². The molecule has 1 N–H and O–H groups in total. The summed E-state index contributed by atoms with van der Waals surface area (Å²) in [5.74, 6) is -1.95. The van der Waals surface area contributed by atoms with Crippen molar-refractivity contribution in [1.29, 1.82) is 0 Å². The highest BCUT2D eigenvalue weighted by Crippen LogP contribution is 2.22. The molecule has 0 bridgehead atoms. The van der Waals surface area contributed by atoms with Crippen molar-refractivity contribution in [3.8, 4) is 0 Å². The Kier molecular flexibility index (Phi) is 4.39. The quantitative estimate of drug-likeness (QED) is 0.942. The molecule has 120 valence electrons. The second-order valence-electron chi connectivity index (χ2n) is 5.75. The van der Waals surface area contributed by atoms with Gasteiger partial charge in [0.25, 0.3) is 0 Å². The third-order valence-corrected chi connectivity index (χ3v) is 4.30. The predicted octanol–water partition coefficient (Wildman–Crippen LogP) is 3.35. The zero-order valence-electron chi connectivity index (χ0n) is 12.9. The molecule has 0 radical (unpaired) electrons. The Morgan fingerprint density at radius 2 is 1.74 bits per heavy atom. The van der Waals surface area contributed by atoms with Crippen LogP contribution in [0.25, 0.3) is 0 Å². The van der Waals surface area contributed by atoms with Crippen LogP contribution in [0.2, 0.25) is 0 Å². The highest BCUT2D eigenvalue weighted by molar-refractivity contribution is 5.94. The van der Waals surface area contributed by atoms with E-state index in [-0.39, 0.29) is 5.69 Å². The number of hydrogen-bond donors (Lipinski definition) is 1. The third-order valence-electron chi connectivity index (χ3n) is 4.30. The SMILES string of the molecule is C[C@@H](C(=O)Nc1c(F)cccc1F)N1CCc2ccccc2C1. The highest BCUT2D eigenvalue weighted by atomic mass is 19.1. The normalized spacial score (nSPS) is 15.8. The van der Waals surface area contributed by atoms with Crippen LogP contribution < -0.4 is 5.32 Å². The smallest absolute Gasteiger partial charge is 0.241 e. The van der Waals surface area contributed by atoms with Gasteiger partial charge in [-0.1, -0.05) is 30.3 Å². The Morgan fingerprint density at radius 1 is 1.09 bits per heavy atom. The minimum absolute atomic E-state index is 0.387. The Labute approximate surface area is 133 Å². The Hall–Kier alpha value is -2.27. The molecular formula is C18H18F2N2O. The van der Waals surface area contributed by atoms with Gasteiger partial charge in [-0.05, 0) is 36.6 Å². The van der Waals surface area contributed by atoms with Crippen LogP contribution in [-0.4, -0.2) is 23.4 Å². The van der Waals surface area contributed by atoms with Gasteiger partial charge in [-0.3, -0.25) is 9.69 Å². The molecule has 1 atom stereocenters. The fourth-order valence-electron chi connectivity index (χ4n) is 2.86. The van der Waals surface area contributed by atoms with Gasteiger partial charge >= 0.3 is 0 Å². The van der Waals surface area contributed by atoms with Crippen LogP contribution in [0.15, 0.2) is 42.5 Å². The number of para-hydroxylation sites is 1. The lowest BCUT2D eigenvalue weighted by Crippen LogP contribution is -2.44. The standard InChI is InChI=1S/C18H18F2N2O/c1-12(18(23)21-17-15(19)7-4-8-16(17)20)22-10-9-13-5-2-3-6-14(13)11-22/h2-8,12H,9-11H2,1H3,(H,21,23)/t12-/m0/s1. The van der Waals surface area contributed by atoms with Crippen LogP contribution in [0.4, 0.5) is 14.5 Å². The molecule has 0 fully saturated rings. The summed E-state index contributed by atoms with van der Waals surface area (Å²) in [5.41, 5.74) is 2.09. The number of benzene rings is 2. The molecule has 0 spiro atoms. The van der Waals surface area contributed by atoms with Gasteiger partial charge in [0.1, 0.15) is 17.3 Å². The number of hydrogen-bond acceptors (Lipinski definition) is 2. The number of nitrogens with zero attached hydrogens (tertiary/aromatic N) is 1. The van der Waals surface area contributed by atoms with Gasteiger partial charge < -0.3 is 5.32 Å². The Balaban J connectivity index is 1.71. The fraction of sp³-hybridized carbons (Fsp3) is 0.278. The van der Waals surface area contributed by atoms with E-state index in [0.717, 1.165) is 25.1 Å². The molecule has 0 aliphatic carbocycles. The van der Waals surface area contributed by atoms with Crippen molar-refractivity contribution in [3.05, 3.63) is 65.2 Å². The first-order chi connectivity index (χ1) is 11.1. The summed E-state index contributed by atoms with van der Waals surface area (Å²) in [7, 11) is 0. The lowest BCUT2D eigenvalue weighted by atomic mass is 9.99. The van der Waals surface area contributed by atoms with Crippen LogP contribution in [0.3, 0.4) is 0 Å². The molecule has 5 heteroatoms. The van der Waals surface area contributed by atoms with E-state index in [9.17, 15) is 13.6 Å². The van der Waals surface area contributed by atoms with Crippen LogP contribution in [-0.2, 0) is 17.8 Å². The molecule has 1 aliphatic rings. The lowest BCUT2D eigenvalue weighted by molar-refractivity contribution is -0.121.